The SMILES string of the molecule is NC(N)=NCCCC(NC(=O)C(CS)NC(=O)C(N)CO)C(=O)N1CCCC1C(=O)O. The Labute approximate surface area is 185 Å². The molecule has 1 fully saturated rings. The number of amides is 3. The van der Waals surface area contributed by atoms with Crippen molar-refractivity contribution in [1.82, 2.24) is 15.5 Å². The number of aliphatic hydroxyl groups excluding tert-OH is 1. The Bertz CT molecular complexity index is 688. The Balaban J connectivity index is 2.92. The highest BCUT2D eigenvalue weighted by molar-refractivity contribution is 7.80. The lowest BCUT2D eigenvalue weighted by molar-refractivity contribution is -0.149. The molecule has 13 nitrogen and oxygen atoms in total. The summed E-state index contributed by atoms with van der Waals surface area (Å²) in [6, 6.07) is -4.34. The van der Waals surface area contributed by atoms with Crippen LogP contribution in [0.25, 0.3) is 0 Å². The molecule has 31 heavy (non-hydrogen) atoms. The number of aliphatic carboxylic acids is 1. The molecule has 1 aliphatic rings. The molecule has 0 saturated carbocycles. The Hall–Kier alpha value is -2.58. The van der Waals surface area contributed by atoms with Gasteiger partial charge in [0.15, 0.2) is 5.96 Å². The number of nitrogens with one attached hydrogen (secondary N) is 2. The quantitative estimate of drug-likeness (QED) is 0.0619. The Kier molecular flexibility index (Phi) is 11.1. The van der Waals surface area contributed by atoms with E-state index in [0.29, 0.717) is 19.3 Å². The van der Waals surface area contributed by atoms with Crippen LogP contribution in [0.4, 0.5) is 0 Å². The minimum Gasteiger partial charge on any atom is -0.480 e. The van der Waals surface area contributed by atoms with Crippen molar-refractivity contribution in [2.45, 2.75) is 49.9 Å². The monoisotopic (exact) mass is 461 g/mol. The van der Waals surface area contributed by atoms with Gasteiger partial charge in [-0.25, -0.2) is 4.79 Å². The first-order valence-electron chi connectivity index (χ1n) is 9.79. The number of hydrogen-bond donors (Lipinski definition) is 8. The van der Waals surface area contributed by atoms with Gasteiger partial charge >= 0.3 is 5.97 Å². The molecule has 0 spiro atoms. The van der Waals surface area contributed by atoms with E-state index in [0.717, 1.165) is 0 Å². The maximum absolute atomic E-state index is 13.0. The molecule has 4 unspecified atom stereocenters. The number of carbonyl (C=O) groups excluding carboxylic acids is 3. The number of thiol groups is 1. The second-order valence-electron chi connectivity index (χ2n) is 7.07. The van der Waals surface area contributed by atoms with E-state index in [4.69, 9.17) is 22.3 Å². The third-order valence-corrected chi connectivity index (χ3v) is 5.09. The summed E-state index contributed by atoms with van der Waals surface area (Å²) in [5.74, 6) is -3.31. The minimum atomic E-state index is -1.21. The van der Waals surface area contributed by atoms with Crippen molar-refractivity contribution >= 4 is 42.3 Å². The lowest BCUT2D eigenvalue weighted by Gasteiger charge is -2.28. The molecule has 0 aromatic carbocycles. The zero-order valence-corrected chi connectivity index (χ0v) is 18.0. The highest BCUT2D eigenvalue weighted by atomic mass is 32.1. The molecule has 1 aliphatic heterocycles. The van der Waals surface area contributed by atoms with Crippen LogP contribution in [0.3, 0.4) is 0 Å². The van der Waals surface area contributed by atoms with Crippen molar-refractivity contribution in [3.8, 4) is 0 Å². The third-order valence-electron chi connectivity index (χ3n) is 4.73. The van der Waals surface area contributed by atoms with Gasteiger partial charge in [0.05, 0.1) is 6.61 Å². The normalized spacial score (nSPS) is 18.5. The van der Waals surface area contributed by atoms with Crippen molar-refractivity contribution in [1.29, 1.82) is 0 Å². The van der Waals surface area contributed by atoms with Crippen LogP contribution in [0.1, 0.15) is 25.7 Å². The molecule has 0 radical (unpaired) electrons. The molecule has 14 heteroatoms. The first-order chi connectivity index (χ1) is 14.6. The molecule has 0 aliphatic carbocycles. The van der Waals surface area contributed by atoms with Gasteiger partial charge in [-0.05, 0) is 25.7 Å². The molecular formula is C17H31N7O6S. The number of nitrogens with zero attached hydrogens (tertiary/aromatic N) is 2. The van der Waals surface area contributed by atoms with Crippen LogP contribution in [-0.2, 0) is 19.2 Å². The molecule has 0 aromatic rings. The number of nitrogens with two attached hydrogens (primary N) is 3. The topological polar surface area (TPSA) is 226 Å². The van der Waals surface area contributed by atoms with E-state index in [9.17, 15) is 24.3 Å². The molecule has 1 rings (SSSR count). The van der Waals surface area contributed by atoms with Crippen molar-refractivity contribution < 1.29 is 29.4 Å². The van der Waals surface area contributed by atoms with E-state index in [2.05, 4.69) is 28.3 Å². The maximum Gasteiger partial charge on any atom is 0.326 e. The van der Waals surface area contributed by atoms with Crippen LogP contribution in [0, 0.1) is 0 Å². The summed E-state index contributed by atoms with van der Waals surface area (Å²) in [4.78, 5) is 54.1. The summed E-state index contributed by atoms with van der Waals surface area (Å²) in [6.07, 6.45) is 1.34. The van der Waals surface area contributed by atoms with Gasteiger partial charge in [0.2, 0.25) is 17.7 Å². The second kappa shape index (κ2) is 13.0. The van der Waals surface area contributed by atoms with Crippen LogP contribution in [0.2, 0.25) is 0 Å². The van der Waals surface area contributed by atoms with E-state index in [1.54, 1.807) is 0 Å². The number of guanidine groups is 1. The second-order valence-corrected chi connectivity index (χ2v) is 7.44. The lowest BCUT2D eigenvalue weighted by Crippen LogP contribution is -2.58. The summed E-state index contributed by atoms with van der Waals surface area (Å²) in [7, 11) is 0. The standard InChI is InChI=1S/C17H31N7O6S/c18-9(7-25)13(26)23-11(8-31)14(27)22-10(3-1-5-21-17(19)20)15(28)24-6-2-4-12(24)16(29)30/h9-12,25,31H,1-8,18H2,(H,22,27)(H,23,26)(H,29,30)(H4,19,20,21). The lowest BCUT2D eigenvalue weighted by atomic mass is 10.1. The third kappa shape index (κ3) is 8.22. The summed E-state index contributed by atoms with van der Waals surface area (Å²) in [6.45, 7) is -0.138. The molecular weight excluding hydrogens is 430 g/mol. The van der Waals surface area contributed by atoms with Crippen molar-refractivity contribution in [2.75, 3.05) is 25.4 Å². The molecule has 4 atom stereocenters. The number of carbonyl (C=O) groups is 4. The van der Waals surface area contributed by atoms with Crippen LogP contribution >= 0.6 is 12.6 Å². The fourth-order valence-corrected chi connectivity index (χ4v) is 3.33. The first-order valence-corrected chi connectivity index (χ1v) is 10.4. The fraction of sp³-hybridized carbons (Fsp3) is 0.706. The Morgan fingerprint density at radius 1 is 1.16 bits per heavy atom. The van der Waals surface area contributed by atoms with Crippen LogP contribution in [0.15, 0.2) is 4.99 Å². The number of carboxylic acid groups (broad SMARTS) is 1. The maximum atomic E-state index is 13.0. The smallest absolute Gasteiger partial charge is 0.326 e. The predicted octanol–water partition coefficient (Wildman–Crippen LogP) is -3.67. The van der Waals surface area contributed by atoms with E-state index in [1.807, 2.05) is 0 Å². The summed E-state index contributed by atoms with van der Waals surface area (Å²) in [5.41, 5.74) is 16.0. The molecule has 0 bridgehead atoms. The number of carboxylic acids is 1. The average molecular weight is 462 g/mol. The van der Waals surface area contributed by atoms with Gasteiger partial charge in [-0.3, -0.25) is 19.4 Å². The van der Waals surface area contributed by atoms with Gasteiger partial charge in [-0.2, -0.15) is 12.6 Å². The molecule has 10 N–H and O–H groups in total. The number of rotatable bonds is 12. The Morgan fingerprint density at radius 3 is 2.35 bits per heavy atom. The Morgan fingerprint density at radius 2 is 1.81 bits per heavy atom. The van der Waals surface area contributed by atoms with Gasteiger partial charge in [-0.1, -0.05) is 0 Å². The van der Waals surface area contributed by atoms with Crippen LogP contribution < -0.4 is 27.8 Å². The molecule has 1 heterocycles. The zero-order chi connectivity index (χ0) is 23.6. The van der Waals surface area contributed by atoms with Gasteiger partial charge in [0.1, 0.15) is 24.2 Å². The average Bonchev–Trinajstić information content (AvgIpc) is 3.22. The fourth-order valence-electron chi connectivity index (χ4n) is 3.08. The minimum absolute atomic E-state index is 0.0912. The summed E-state index contributed by atoms with van der Waals surface area (Å²) < 4.78 is 0. The predicted molar refractivity (Wildman–Crippen MR) is 115 cm³/mol. The van der Waals surface area contributed by atoms with Crippen molar-refractivity contribution in [3.05, 3.63) is 0 Å². The highest BCUT2D eigenvalue weighted by Crippen LogP contribution is 2.19. The van der Waals surface area contributed by atoms with Crippen LogP contribution in [-0.4, -0.2) is 94.4 Å². The summed E-state index contributed by atoms with van der Waals surface area (Å²) >= 11 is 4.04. The molecule has 0 aromatic heterocycles. The van der Waals surface area contributed by atoms with Gasteiger partial charge in [-0.15, -0.1) is 0 Å². The number of aliphatic imine (C=N–C) groups is 1. The molecule has 176 valence electrons. The zero-order valence-electron chi connectivity index (χ0n) is 17.1. The van der Waals surface area contributed by atoms with E-state index in [-0.39, 0.29) is 31.2 Å². The van der Waals surface area contributed by atoms with Gasteiger partial charge < -0.3 is 42.9 Å². The van der Waals surface area contributed by atoms with E-state index < -0.39 is 54.5 Å². The first kappa shape index (κ1) is 26.5. The van der Waals surface area contributed by atoms with Crippen molar-refractivity contribution in [2.24, 2.45) is 22.2 Å². The molecule has 3 amide bonds. The molecule has 1 saturated heterocycles. The highest BCUT2D eigenvalue weighted by Gasteiger charge is 2.38. The number of hydrogen-bond acceptors (Lipinski definition) is 8. The number of aliphatic hydroxyl groups is 1. The number of likely N-dealkylation sites (tertiary alicyclic amines) is 1. The largest absolute Gasteiger partial charge is 0.480 e. The van der Waals surface area contributed by atoms with Gasteiger partial charge in [0.25, 0.3) is 0 Å². The van der Waals surface area contributed by atoms with Crippen LogP contribution in [0.5, 0.6) is 0 Å². The van der Waals surface area contributed by atoms with Gasteiger partial charge in [0, 0.05) is 18.8 Å². The van der Waals surface area contributed by atoms with E-state index in [1.165, 1.54) is 4.90 Å². The summed E-state index contributed by atoms with van der Waals surface area (Å²) in [5, 5.41) is 23.2. The van der Waals surface area contributed by atoms with E-state index >= 15 is 0 Å². The van der Waals surface area contributed by atoms with Crippen molar-refractivity contribution in [3.63, 3.8) is 0 Å².